The molecule has 0 saturated heterocycles. The van der Waals surface area contributed by atoms with Gasteiger partial charge in [0.15, 0.2) is 6.10 Å². The Kier molecular flexibility index (Phi) is 37.8. The molecule has 0 aromatic rings. The lowest BCUT2D eigenvalue weighted by molar-refractivity contribution is -0.161. The van der Waals surface area contributed by atoms with Gasteiger partial charge in [-0.1, -0.05) is 131 Å². The number of esters is 2. The maximum Gasteiger partial charge on any atom is 0.472 e. The highest BCUT2D eigenvalue weighted by atomic mass is 31.2. The van der Waals surface area contributed by atoms with E-state index in [0.29, 0.717) is 19.4 Å². The van der Waals surface area contributed by atoms with Gasteiger partial charge in [-0.15, -0.1) is 0 Å². The van der Waals surface area contributed by atoms with Crippen molar-refractivity contribution in [2.24, 2.45) is 0 Å². The molecule has 0 heterocycles. The summed E-state index contributed by atoms with van der Waals surface area (Å²) in [6, 6.07) is 0. The first-order valence-electron chi connectivity index (χ1n) is 20.5. The van der Waals surface area contributed by atoms with Crippen molar-refractivity contribution in [2.75, 3.05) is 33.4 Å². The fourth-order valence-electron chi connectivity index (χ4n) is 4.97. The SMILES string of the molecule is CC/C=C\C/C=C\C/C=C\C/C=C\CCCCCCC(=O)OCC(COP(=O)(O)OCCNC)OC(=O)CCCCCCC/C=C\C/C=C\C/C=C\CC. The van der Waals surface area contributed by atoms with E-state index in [1.807, 2.05) is 0 Å². The Labute approximate surface area is 328 Å². The molecule has 54 heavy (non-hydrogen) atoms. The molecule has 10 heteroatoms. The minimum atomic E-state index is -4.36. The number of carbonyl (C=O) groups is 2. The zero-order chi connectivity index (χ0) is 39.6. The van der Waals surface area contributed by atoms with Crippen LogP contribution in [0.25, 0.3) is 0 Å². The van der Waals surface area contributed by atoms with Gasteiger partial charge in [-0.25, -0.2) is 4.57 Å². The summed E-state index contributed by atoms with van der Waals surface area (Å²) >= 11 is 0. The summed E-state index contributed by atoms with van der Waals surface area (Å²) in [5.74, 6) is -0.864. The van der Waals surface area contributed by atoms with Crippen molar-refractivity contribution in [2.45, 2.75) is 148 Å². The molecule has 0 aliphatic heterocycles. The number of hydrogen-bond donors (Lipinski definition) is 2. The Morgan fingerprint density at radius 1 is 0.574 bits per heavy atom. The number of nitrogens with one attached hydrogen (secondary N) is 1. The number of phosphoric acid groups is 1. The van der Waals surface area contributed by atoms with Gasteiger partial charge in [0.2, 0.25) is 0 Å². The van der Waals surface area contributed by atoms with Gasteiger partial charge in [-0.05, 0) is 90.5 Å². The summed E-state index contributed by atoms with van der Waals surface area (Å²) in [4.78, 5) is 35.0. The van der Waals surface area contributed by atoms with E-state index in [4.69, 9.17) is 18.5 Å². The minimum absolute atomic E-state index is 0.0298. The maximum absolute atomic E-state index is 12.6. The van der Waals surface area contributed by atoms with Crippen LogP contribution < -0.4 is 5.32 Å². The smallest absolute Gasteiger partial charge is 0.462 e. The van der Waals surface area contributed by atoms with Gasteiger partial charge in [-0.2, -0.15) is 0 Å². The van der Waals surface area contributed by atoms with Gasteiger partial charge < -0.3 is 19.7 Å². The Morgan fingerprint density at radius 3 is 1.48 bits per heavy atom. The second-order valence-electron chi connectivity index (χ2n) is 13.1. The summed E-state index contributed by atoms with van der Waals surface area (Å²) in [6.07, 6.45) is 47.7. The van der Waals surface area contributed by atoms with Crippen molar-refractivity contribution < 1.29 is 37.6 Å². The van der Waals surface area contributed by atoms with E-state index in [1.54, 1.807) is 7.05 Å². The summed E-state index contributed by atoms with van der Waals surface area (Å²) < 4.78 is 33.1. The zero-order valence-electron chi connectivity index (χ0n) is 33.9. The molecule has 0 bridgehead atoms. The predicted molar refractivity (Wildman–Crippen MR) is 224 cm³/mol. The topological polar surface area (TPSA) is 120 Å². The molecule has 0 radical (unpaired) electrons. The second kappa shape index (κ2) is 39.9. The van der Waals surface area contributed by atoms with E-state index in [1.165, 1.54) is 0 Å². The normalized spacial score (nSPS) is 14.2. The van der Waals surface area contributed by atoms with Crippen molar-refractivity contribution >= 4 is 19.8 Å². The first kappa shape index (κ1) is 51.2. The summed E-state index contributed by atoms with van der Waals surface area (Å²) in [7, 11) is -2.67. The molecule has 0 amide bonds. The van der Waals surface area contributed by atoms with Crippen LogP contribution in [0.3, 0.4) is 0 Å². The van der Waals surface area contributed by atoms with Crippen LogP contribution in [0.2, 0.25) is 0 Å². The molecule has 0 aromatic carbocycles. The lowest BCUT2D eigenvalue weighted by Gasteiger charge is -2.20. The summed E-state index contributed by atoms with van der Waals surface area (Å²) in [5, 5.41) is 2.81. The van der Waals surface area contributed by atoms with Gasteiger partial charge in [0.1, 0.15) is 6.61 Å². The van der Waals surface area contributed by atoms with E-state index < -0.39 is 32.5 Å². The van der Waals surface area contributed by atoms with E-state index in [9.17, 15) is 19.0 Å². The van der Waals surface area contributed by atoms with Crippen LogP contribution in [-0.4, -0.2) is 56.3 Å². The van der Waals surface area contributed by atoms with Gasteiger partial charge in [0.05, 0.1) is 13.2 Å². The third-order valence-corrected chi connectivity index (χ3v) is 8.99. The quantitative estimate of drug-likeness (QED) is 0.0275. The van der Waals surface area contributed by atoms with E-state index in [0.717, 1.165) is 103 Å². The van der Waals surface area contributed by atoms with Crippen LogP contribution in [0, 0.1) is 0 Å². The monoisotopic (exact) mass is 776 g/mol. The number of hydrogen-bond acceptors (Lipinski definition) is 8. The first-order valence-corrected chi connectivity index (χ1v) is 22.0. The number of unbranched alkanes of at least 4 members (excludes halogenated alkanes) is 9. The molecular weight excluding hydrogens is 701 g/mol. The summed E-state index contributed by atoms with van der Waals surface area (Å²) in [6.45, 7) is 3.92. The number of phosphoric ester groups is 1. The Balaban J connectivity index is 4.34. The molecule has 0 saturated carbocycles. The fourth-order valence-corrected chi connectivity index (χ4v) is 5.72. The van der Waals surface area contributed by atoms with E-state index >= 15 is 0 Å². The van der Waals surface area contributed by atoms with Crippen molar-refractivity contribution in [3.8, 4) is 0 Å². The number of likely N-dealkylation sites (N-methyl/N-ethyl adjacent to an activating group) is 1. The maximum atomic E-state index is 12.6. The standard InChI is InChI=1S/C44H74NO8P/c1-4-6-8-10-12-14-16-18-20-21-23-24-26-28-30-32-34-36-43(46)50-40-42(41-52-54(48,49)51-39-38-45-3)53-44(47)37-35-33-31-29-27-25-22-19-17-15-13-11-9-7-5-2/h6-9,12-15,18-20,22-24,42,45H,4-5,10-11,16-17,21,25-41H2,1-3H3,(H,48,49)/b8-6-,9-7-,14-12-,15-13-,20-18-,22-19-,24-23-. The highest BCUT2D eigenvalue weighted by Gasteiger charge is 2.26. The molecular formula is C44H74NO8P. The Bertz CT molecular complexity index is 1160. The molecule has 0 spiro atoms. The molecule has 308 valence electrons. The number of ether oxygens (including phenoxy) is 2. The lowest BCUT2D eigenvalue weighted by atomic mass is 10.1. The van der Waals surface area contributed by atoms with E-state index in [-0.39, 0.29) is 26.1 Å². The first-order chi connectivity index (χ1) is 26.3. The van der Waals surface area contributed by atoms with Crippen LogP contribution in [0.15, 0.2) is 85.1 Å². The fraction of sp³-hybridized carbons (Fsp3) is 0.636. The third-order valence-electron chi connectivity index (χ3n) is 8.01. The largest absolute Gasteiger partial charge is 0.472 e. The summed E-state index contributed by atoms with van der Waals surface area (Å²) in [5.41, 5.74) is 0. The minimum Gasteiger partial charge on any atom is -0.462 e. The predicted octanol–water partition coefficient (Wildman–Crippen LogP) is 11.5. The molecule has 0 rings (SSSR count). The molecule has 0 fully saturated rings. The zero-order valence-corrected chi connectivity index (χ0v) is 34.8. The molecule has 0 aliphatic rings. The molecule has 9 nitrogen and oxygen atoms in total. The molecule has 2 atom stereocenters. The van der Waals surface area contributed by atoms with Crippen LogP contribution in [-0.2, 0) is 32.7 Å². The Morgan fingerprint density at radius 2 is 1.00 bits per heavy atom. The highest BCUT2D eigenvalue weighted by Crippen LogP contribution is 2.43. The van der Waals surface area contributed by atoms with Crippen LogP contribution >= 0.6 is 7.82 Å². The lowest BCUT2D eigenvalue weighted by Crippen LogP contribution is -2.29. The van der Waals surface area contributed by atoms with E-state index in [2.05, 4.69) is 104 Å². The molecule has 0 aliphatic carbocycles. The average Bonchev–Trinajstić information content (AvgIpc) is 3.15. The van der Waals surface area contributed by atoms with Crippen LogP contribution in [0.4, 0.5) is 0 Å². The van der Waals surface area contributed by atoms with Crippen molar-refractivity contribution in [3.63, 3.8) is 0 Å². The highest BCUT2D eigenvalue weighted by molar-refractivity contribution is 7.47. The van der Waals surface area contributed by atoms with Crippen molar-refractivity contribution in [3.05, 3.63) is 85.1 Å². The Hall–Kier alpha value is -2.81. The number of rotatable bonds is 37. The number of carbonyl (C=O) groups excluding carboxylic acids is 2. The van der Waals surface area contributed by atoms with Crippen LogP contribution in [0.5, 0.6) is 0 Å². The van der Waals surface area contributed by atoms with Gasteiger partial charge in [0, 0.05) is 19.4 Å². The van der Waals surface area contributed by atoms with Gasteiger partial charge >= 0.3 is 19.8 Å². The second-order valence-corrected chi connectivity index (χ2v) is 14.5. The van der Waals surface area contributed by atoms with Crippen molar-refractivity contribution in [1.82, 2.24) is 5.32 Å². The molecule has 0 aromatic heterocycles. The van der Waals surface area contributed by atoms with Gasteiger partial charge in [-0.3, -0.25) is 18.6 Å². The third kappa shape index (κ3) is 38.9. The average molecular weight is 776 g/mol. The molecule has 2 unspecified atom stereocenters. The van der Waals surface area contributed by atoms with Crippen LogP contribution in [0.1, 0.15) is 142 Å². The number of allylic oxidation sites excluding steroid dienone is 14. The molecule has 2 N–H and O–H groups in total. The van der Waals surface area contributed by atoms with Gasteiger partial charge in [0.25, 0.3) is 0 Å². The van der Waals surface area contributed by atoms with Crippen molar-refractivity contribution in [1.29, 1.82) is 0 Å².